The first-order chi connectivity index (χ1) is 13.5. The molecule has 7 nitrogen and oxygen atoms in total. The summed E-state index contributed by atoms with van der Waals surface area (Å²) in [5.74, 6) is -0.544. The molecule has 0 fully saturated rings. The van der Waals surface area contributed by atoms with E-state index in [4.69, 9.17) is 20.8 Å². The van der Waals surface area contributed by atoms with Gasteiger partial charge in [0.25, 0.3) is 0 Å². The van der Waals surface area contributed by atoms with Gasteiger partial charge in [0.2, 0.25) is 0 Å². The molecule has 0 aliphatic carbocycles. The number of hydrogen-bond donors (Lipinski definition) is 1. The molecule has 0 saturated carbocycles. The molecular formula is C19H14BrClN2O5. The maximum atomic E-state index is 12.2. The number of furan rings is 1. The van der Waals surface area contributed by atoms with Gasteiger partial charge in [-0.15, -0.1) is 0 Å². The van der Waals surface area contributed by atoms with Crippen molar-refractivity contribution in [1.29, 1.82) is 0 Å². The average Bonchev–Trinajstić information content (AvgIpc) is 3.11. The summed E-state index contributed by atoms with van der Waals surface area (Å²) in [6, 6.07) is 12.2. The Morgan fingerprint density at radius 2 is 2.07 bits per heavy atom. The fourth-order valence-corrected chi connectivity index (χ4v) is 3.29. The summed E-state index contributed by atoms with van der Waals surface area (Å²) in [5.41, 5.74) is 3.62. The van der Waals surface area contributed by atoms with Crippen LogP contribution in [0.1, 0.15) is 16.1 Å². The molecule has 0 aliphatic heterocycles. The van der Waals surface area contributed by atoms with E-state index < -0.39 is 11.9 Å². The molecule has 0 radical (unpaired) electrons. The molecule has 0 saturated heterocycles. The van der Waals surface area contributed by atoms with Crippen molar-refractivity contribution < 1.29 is 23.5 Å². The van der Waals surface area contributed by atoms with Crippen molar-refractivity contribution in [3.8, 4) is 5.75 Å². The lowest BCUT2D eigenvalue weighted by atomic mass is 10.2. The minimum atomic E-state index is -0.526. The lowest BCUT2D eigenvalue weighted by molar-refractivity contribution is -0.142. The summed E-state index contributed by atoms with van der Waals surface area (Å²) in [5, 5.41) is 5.00. The van der Waals surface area contributed by atoms with E-state index in [1.165, 1.54) is 13.3 Å². The second-order valence-electron chi connectivity index (χ2n) is 5.53. The zero-order chi connectivity index (χ0) is 20.1. The van der Waals surface area contributed by atoms with E-state index in [-0.39, 0.29) is 17.4 Å². The molecule has 1 heterocycles. The third-order valence-electron chi connectivity index (χ3n) is 3.61. The molecule has 1 aromatic heterocycles. The second-order valence-corrected chi connectivity index (χ2v) is 6.79. The Hall–Kier alpha value is -2.84. The number of halogens is 2. The van der Waals surface area contributed by atoms with Crippen molar-refractivity contribution in [2.24, 2.45) is 5.10 Å². The first-order valence-electron chi connectivity index (χ1n) is 7.98. The zero-order valence-electron chi connectivity index (χ0n) is 14.6. The number of hydrazone groups is 1. The quantitative estimate of drug-likeness (QED) is 0.335. The Kier molecular flexibility index (Phi) is 6.33. The molecule has 0 bridgehead atoms. The Labute approximate surface area is 173 Å². The van der Waals surface area contributed by atoms with Gasteiger partial charge in [0.1, 0.15) is 5.58 Å². The number of hydrogen-bond acceptors (Lipinski definition) is 6. The Morgan fingerprint density at radius 1 is 1.29 bits per heavy atom. The normalized spacial score (nSPS) is 11.0. The van der Waals surface area contributed by atoms with E-state index in [0.717, 1.165) is 5.39 Å². The molecule has 1 N–H and O–H groups in total. The van der Waals surface area contributed by atoms with Gasteiger partial charge in [0.15, 0.2) is 18.1 Å². The third-order valence-corrected chi connectivity index (χ3v) is 4.48. The van der Waals surface area contributed by atoms with Crippen molar-refractivity contribution in [3.05, 3.63) is 63.3 Å². The highest BCUT2D eigenvalue weighted by atomic mass is 79.9. The van der Waals surface area contributed by atoms with Crippen LogP contribution in [0.3, 0.4) is 0 Å². The number of nitrogens with one attached hydrogen (secondary N) is 1. The van der Waals surface area contributed by atoms with Crippen LogP contribution in [0.4, 0.5) is 0 Å². The number of rotatable bonds is 6. The van der Waals surface area contributed by atoms with E-state index >= 15 is 0 Å². The van der Waals surface area contributed by atoms with Crippen LogP contribution in [0.5, 0.6) is 5.75 Å². The van der Waals surface area contributed by atoms with Crippen molar-refractivity contribution in [3.63, 3.8) is 0 Å². The third kappa shape index (κ3) is 4.71. The number of para-hydroxylation sites is 1. The van der Waals surface area contributed by atoms with E-state index in [2.05, 4.69) is 31.2 Å². The summed E-state index contributed by atoms with van der Waals surface area (Å²) >= 11 is 9.49. The summed E-state index contributed by atoms with van der Waals surface area (Å²) in [6.07, 6.45) is 1.42. The smallest absolute Gasteiger partial charge is 0.343 e. The average molecular weight is 466 g/mol. The summed E-state index contributed by atoms with van der Waals surface area (Å²) < 4.78 is 15.8. The van der Waals surface area contributed by atoms with Crippen molar-refractivity contribution in [2.45, 2.75) is 0 Å². The monoisotopic (exact) mass is 464 g/mol. The van der Waals surface area contributed by atoms with Gasteiger partial charge in [-0.05, 0) is 45.8 Å². The van der Waals surface area contributed by atoms with Crippen LogP contribution in [-0.2, 0) is 9.53 Å². The van der Waals surface area contributed by atoms with Crippen molar-refractivity contribution in [2.75, 3.05) is 13.7 Å². The minimum Gasteiger partial charge on any atom is -0.479 e. The largest absolute Gasteiger partial charge is 0.479 e. The Morgan fingerprint density at radius 3 is 2.79 bits per heavy atom. The minimum absolute atomic E-state index is 0.157. The van der Waals surface area contributed by atoms with E-state index in [1.54, 1.807) is 24.3 Å². The van der Waals surface area contributed by atoms with Crippen LogP contribution in [0.25, 0.3) is 11.0 Å². The second kappa shape index (κ2) is 8.90. The topological polar surface area (TPSA) is 90.1 Å². The zero-order valence-corrected chi connectivity index (χ0v) is 16.9. The molecule has 0 aliphatic rings. The van der Waals surface area contributed by atoms with Gasteiger partial charge in [-0.2, -0.15) is 5.10 Å². The fraction of sp³-hybridized carbons (Fsp3) is 0.105. The van der Waals surface area contributed by atoms with Gasteiger partial charge in [0, 0.05) is 5.39 Å². The molecule has 3 rings (SSSR count). The van der Waals surface area contributed by atoms with E-state index in [9.17, 15) is 9.59 Å². The SMILES string of the molecule is COC(=O)COc1c(Cl)cc(C=NNC(=O)c2cc3ccccc3o2)cc1Br. The van der Waals surface area contributed by atoms with Crippen LogP contribution < -0.4 is 10.2 Å². The summed E-state index contributed by atoms with van der Waals surface area (Å²) in [4.78, 5) is 23.3. The number of amides is 1. The van der Waals surface area contributed by atoms with E-state index in [0.29, 0.717) is 21.4 Å². The Bertz CT molecular complexity index is 1010. The Balaban J connectivity index is 1.66. The van der Waals surface area contributed by atoms with Gasteiger partial charge in [0.05, 0.1) is 22.8 Å². The molecule has 0 unspecified atom stereocenters. The number of nitrogens with zero attached hydrogens (tertiary/aromatic N) is 1. The molecule has 3 aromatic rings. The number of carbonyl (C=O) groups excluding carboxylic acids is 2. The van der Waals surface area contributed by atoms with E-state index in [1.807, 2.05) is 18.2 Å². The summed E-state index contributed by atoms with van der Waals surface area (Å²) in [7, 11) is 1.27. The maximum absolute atomic E-state index is 12.2. The highest BCUT2D eigenvalue weighted by molar-refractivity contribution is 9.10. The maximum Gasteiger partial charge on any atom is 0.343 e. The molecule has 1 amide bonds. The molecule has 0 atom stereocenters. The van der Waals surface area contributed by atoms with Gasteiger partial charge in [-0.1, -0.05) is 29.8 Å². The number of esters is 1. The number of benzene rings is 2. The van der Waals surface area contributed by atoms with Crippen LogP contribution in [0.15, 0.2) is 56.5 Å². The van der Waals surface area contributed by atoms with Crippen LogP contribution in [0, 0.1) is 0 Å². The predicted octanol–water partition coefficient (Wildman–Crippen LogP) is 4.16. The lowest BCUT2D eigenvalue weighted by Crippen LogP contribution is -2.16. The number of ether oxygens (including phenoxy) is 2. The van der Waals surface area contributed by atoms with Crippen LogP contribution in [-0.4, -0.2) is 31.8 Å². The first kappa shape index (κ1) is 19.9. The lowest BCUT2D eigenvalue weighted by Gasteiger charge is -2.09. The van der Waals surface area contributed by atoms with Crippen LogP contribution >= 0.6 is 27.5 Å². The van der Waals surface area contributed by atoms with Crippen molar-refractivity contribution >= 4 is 56.6 Å². The molecule has 28 heavy (non-hydrogen) atoms. The molecular weight excluding hydrogens is 452 g/mol. The van der Waals surface area contributed by atoms with Crippen molar-refractivity contribution in [1.82, 2.24) is 5.43 Å². The molecule has 0 spiro atoms. The van der Waals surface area contributed by atoms with Gasteiger partial charge in [-0.25, -0.2) is 10.2 Å². The number of fused-ring (bicyclic) bond motifs is 1. The first-order valence-corrected chi connectivity index (χ1v) is 9.15. The number of methoxy groups -OCH3 is 1. The summed E-state index contributed by atoms with van der Waals surface area (Å²) in [6.45, 7) is -0.268. The highest BCUT2D eigenvalue weighted by Crippen LogP contribution is 2.34. The molecule has 9 heteroatoms. The molecule has 2 aromatic carbocycles. The van der Waals surface area contributed by atoms with Gasteiger partial charge >= 0.3 is 11.9 Å². The number of carbonyl (C=O) groups is 2. The van der Waals surface area contributed by atoms with Crippen LogP contribution in [0.2, 0.25) is 5.02 Å². The standard InChI is InChI=1S/C19H14BrClN2O5/c1-26-17(24)10-27-18-13(20)6-11(7-14(18)21)9-22-23-19(25)16-8-12-4-2-3-5-15(12)28-16/h2-9H,10H2,1H3,(H,23,25). The fourth-order valence-electron chi connectivity index (χ4n) is 2.30. The van der Waals surface area contributed by atoms with Gasteiger partial charge < -0.3 is 13.9 Å². The molecule has 144 valence electrons. The van der Waals surface area contributed by atoms with Gasteiger partial charge in [-0.3, -0.25) is 4.79 Å². The highest BCUT2D eigenvalue weighted by Gasteiger charge is 2.13. The predicted molar refractivity (Wildman–Crippen MR) is 108 cm³/mol.